The SMILES string of the molecule is O=C(NCCn1c(-c2ccc(F)cc2)nc2cccnc21)Nc1cccc(F)c1. The number of fused-ring (bicyclic) bond motifs is 1. The molecule has 0 unspecified atom stereocenters. The van der Waals surface area contributed by atoms with E-state index in [-0.39, 0.29) is 12.4 Å². The van der Waals surface area contributed by atoms with E-state index in [1.807, 2.05) is 10.6 Å². The third kappa shape index (κ3) is 4.21. The number of carbonyl (C=O) groups is 1. The van der Waals surface area contributed by atoms with Crippen molar-refractivity contribution in [3.63, 3.8) is 0 Å². The highest BCUT2D eigenvalue weighted by molar-refractivity contribution is 5.89. The van der Waals surface area contributed by atoms with Crippen LogP contribution in [-0.4, -0.2) is 27.1 Å². The molecule has 6 nitrogen and oxygen atoms in total. The number of hydrogen-bond acceptors (Lipinski definition) is 3. The average Bonchev–Trinajstić information content (AvgIpc) is 3.07. The Labute approximate surface area is 165 Å². The maximum absolute atomic E-state index is 13.3. The summed E-state index contributed by atoms with van der Waals surface area (Å²) in [5.74, 6) is -0.126. The monoisotopic (exact) mass is 393 g/mol. The van der Waals surface area contributed by atoms with E-state index in [1.165, 1.54) is 30.3 Å². The number of pyridine rings is 1. The van der Waals surface area contributed by atoms with E-state index in [9.17, 15) is 13.6 Å². The van der Waals surface area contributed by atoms with E-state index in [0.717, 1.165) is 5.56 Å². The van der Waals surface area contributed by atoms with Crippen molar-refractivity contribution in [3.8, 4) is 11.4 Å². The number of hydrogen-bond donors (Lipinski definition) is 2. The Bertz CT molecular complexity index is 1160. The molecule has 0 aliphatic heterocycles. The van der Waals surface area contributed by atoms with Crippen LogP contribution in [0.15, 0.2) is 66.9 Å². The fourth-order valence-corrected chi connectivity index (χ4v) is 3.01. The van der Waals surface area contributed by atoms with E-state index in [4.69, 9.17) is 0 Å². The third-order valence-corrected chi connectivity index (χ3v) is 4.31. The van der Waals surface area contributed by atoms with Gasteiger partial charge < -0.3 is 15.2 Å². The maximum Gasteiger partial charge on any atom is 0.319 e. The molecule has 2 N–H and O–H groups in total. The molecule has 0 spiro atoms. The van der Waals surface area contributed by atoms with Crippen molar-refractivity contribution >= 4 is 22.9 Å². The van der Waals surface area contributed by atoms with Crippen LogP contribution in [0.3, 0.4) is 0 Å². The van der Waals surface area contributed by atoms with Crippen LogP contribution in [0.25, 0.3) is 22.6 Å². The number of benzene rings is 2. The van der Waals surface area contributed by atoms with Crippen molar-refractivity contribution in [1.29, 1.82) is 0 Å². The second kappa shape index (κ2) is 8.05. The molecule has 146 valence electrons. The van der Waals surface area contributed by atoms with Crippen molar-refractivity contribution in [2.45, 2.75) is 6.54 Å². The Morgan fingerprint density at radius 2 is 1.83 bits per heavy atom. The largest absolute Gasteiger partial charge is 0.336 e. The van der Waals surface area contributed by atoms with E-state index in [0.29, 0.717) is 29.2 Å². The summed E-state index contributed by atoms with van der Waals surface area (Å²) in [4.78, 5) is 21.1. The van der Waals surface area contributed by atoms with Crippen molar-refractivity contribution in [2.75, 3.05) is 11.9 Å². The van der Waals surface area contributed by atoms with Gasteiger partial charge in [-0.3, -0.25) is 0 Å². The molecular weight excluding hydrogens is 376 g/mol. The number of halogens is 2. The van der Waals surface area contributed by atoms with Crippen LogP contribution in [0.4, 0.5) is 19.3 Å². The molecule has 0 aliphatic rings. The van der Waals surface area contributed by atoms with E-state index in [1.54, 1.807) is 30.5 Å². The van der Waals surface area contributed by atoms with Gasteiger partial charge in [0.1, 0.15) is 23.0 Å². The highest BCUT2D eigenvalue weighted by Gasteiger charge is 2.14. The lowest BCUT2D eigenvalue weighted by atomic mass is 10.2. The topological polar surface area (TPSA) is 71.8 Å². The summed E-state index contributed by atoms with van der Waals surface area (Å²) in [5, 5.41) is 5.31. The van der Waals surface area contributed by atoms with Gasteiger partial charge >= 0.3 is 6.03 Å². The summed E-state index contributed by atoms with van der Waals surface area (Å²) >= 11 is 0. The van der Waals surface area contributed by atoms with E-state index >= 15 is 0 Å². The van der Waals surface area contributed by atoms with Crippen LogP contribution < -0.4 is 10.6 Å². The summed E-state index contributed by atoms with van der Waals surface area (Å²) in [7, 11) is 0. The van der Waals surface area contributed by atoms with Crippen molar-refractivity contribution in [1.82, 2.24) is 19.9 Å². The predicted molar refractivity (Wildman–Crippen MR) is 106 cm³/mol. The Morgan fingerprint density at radius 3 is 2.62 bits per heavy atom. The van der Waals surface area contributed by atoms with E-state index < -0.39 is 11.8 Å². The zero-order chi connectivity index (χ0) is 20.2. The molecule has 0 fully saturated rings. The molecular formula is C21H17F2N5O. The molecule has 0 saturated carbocycles. The second-order valence-electron chi connectivity index (χ2n) is 6.33. The van der Waals surface area contributed by atoms with Gasteiger partial charge in [0.2, 0.25) is 0 Å². The zero-order valence-corrected chi connectivity index (χ0v) is 15.3. The molecule has 8 heteroatoms. The molecule has 2 aromatic carbocycles. The summed E-state index contributed by atoms with van der Waals surface area (Å²) in [6, 6.07) is 14.9. The second-order valence-corrected chi connectivity index (χ2v) is 6.33. The first-order chi connectivity index (χ1) is 14.1. The number of nitrogens with one attached hydrogen (secondary N) is 2. The highest BCUT2D eigenvalue weighted by Crippen LogP contribution is 2.23. The zero-order valence-electron chi connectivity index (χ0n) is 15.3. The van der Waals surface area contributed by atoms with Gasteiger partial charge in [-0.1, -0.05) is 6.07 Å². The van der Waals surface area contributed by atoms with Gasteiger partial charge in [-0.2, -0.15) is 0 Å². The van der Waals surface area contributed by atoms with Crippen molar-refractivity contribution < 1.29 is 13.6 Å². The Morgan fingerprint density at radius 1 is 1.00 bits per heavy atom. The normalized spacial score (nSPS) is 10.8. The number of rotatable bonds is 5. The third-order valence-electron chi connectivity index (χ3n) is 4.31. The fourth-order valence-electron chi connectivity index (χ4n) is 3.01. The molecule has 4 rings (SSSR count). The first-order valence-electron chi connectivity index (χ1n) is 8.98. The maximum atomic E-state index is 13.3. The number of carbonyl (C=O) groups excluding carboxylic acids is 1. The fraction of sp³-hybridized carbons (Fsp3) is 0.0952. The van der Waals surface area contributed by atoms with Crippen LogP contribution in [-0.2, 0) is 6.54 Å². The molecule has 0 radical (unpaired) electrons. The summed E-state index contributed by atoms with van der Waals surface area (Å²) in [5.41, 5.74) is 2.48. The van der Waals surface area contributed by atoms with Gasteiger partial charge in [0.05, 0.1) is 0 Å². The molecule has 0 aliphatic carbocycles. The molecule has 0 bridgehead atoms. The quantitative estimate of drug-likeness (QED) is 0.534. The predicted octanol–water partition coefficient (Wildman–Crippen LogP) is 4.20. The lowest BCUT2D eigenvalue weighted by molar-refractivity contribution is 0.251. The van der Waals surface area contributed by atoms with Crippen LogP contribution in [0.1, 0.15) is 0 Å². The van der Waals surface area contributed by atoms with Crippen LogP contribution in [0, 0.1) is 11.6 Å². The van der Waals surface area contributed by atoms with Gasteiger partial charge in [-0.05, 0) is 54.6 Å². The summed E-state index contributed by atoms with van der Waals surface area (Å²) in [6.07, 6.45) is 1.67. The molecule has 2 amide bonds. The Kier molecular flexibility index (Phi) is 5.15. The molecule has 4 aromatic rings. The van der Waals surface area contributed by atoms with Gasteiger partial charge in [0.15, 0.2) is 5.65 Å². The Hall–Kier alpha value is -3.81. The van der Waals surface area contributed by atoms with Gasteiger partial charge in [0.25, 0.3) is 0 Å². The average molecular weight is 393 g/mol. The molecule has 2 aromatic heterocycles. The summed E-state index contributed by atoms with van der Waals surface area (Å²) < 4.78 is 28.4. The van der Waals surface area contributed by atoms with Crippen LogP contribution in [0.5, 0.6) is 0 Å². The number of anilines is 1. The van der Waals surface area contributed by atoms with Crippen molar-refractivity contribution in [3.05, 3.63) is 78.5 Å². The minimum absolute atomic E-state index is 0.289. The number of urea groups is 1. The first kappa shape index (κ1) is 18.5. The smallest absolute Gasteiger partial charge is 0.319 e. The van der Waals surface area contributed by atoms with Gasteiger partial charge in [-0.15, -0.1) is 0 Å². The van der Waals surface area contributed by atoms with Crippen LogP contribution in [0.2, 0.25) is 0 Å². The van der Waals surface area contributed by atoms with Crippen molar-refractivity contribution in [2.24, 2.45) is 0 Å². The number of aromatic nitrogens is 3. The number of imidazole rings is 1. The van der Waals surface area contributed by atoms with Crippen LogP contribution >= 0.6 is 0 Å². The van der Waals surface area contributed by atoms with Gasteiger partial charge in [-0.25, -0.2) is 23.5 Å². The molecule has 0 atom stereocenters. The molecule has 2 heterocycles. The Balaban J connectivity index is 1.50. The first-order valence-corrected chi connectivity index (χ1v) is 8.98. The number of amides is 2. The minimum Gasteiger partial charge on any atom is -0.336 e. The lowest BCUT2D eigenvalue weighted by Crippen LogP contribution is -2.31. The molecule has 0 saturated heterocycles. The highest BCUT2D eigenvalue weighted by atomic mass is 19.1. The standard InChI is InChI=1S/C21H17F2N5O/c22-15-8-6-14(7-9-15)19-27-18-5-2-10-24-20(18)28(19)12-11-25-21(29)26-17-4-1-3-16(23)13-17/h1-10,13H,11-12H2,(H2,25,26,29). The summed E-state index contributed by atoms with van der Waals surface area (Å²) in [6.45, 7) is 0.689. The minimum atomic E-state index is -0.448. The van der Waals surface area contributed by atoms with E-state index in [2.05, 4.69) is 20.6 Å². The lowest BCUT2D eigenvalue weighted by Gasteiger charge is -2.11. The van der Waals surface area contributed by atoms with Gasteiger partial charge in [0, 0.05) is 30.5 Å². The molecule has 29 heavy (non-hydrogen) atoms. The number of nitrogens with zero attached hydrogens (tertiary/aromatic N) is 3.